The second-order valence-corrected chi connectivity index (χ2v) is 7.22. The molecule has 0 aliphatic heterocycles. The van der Waals surface area contributed by atoms with Gasteiger partial charge >= 0.3 is 0 Å². The molecule has 3 heteroatoms. The number of thioether (sulfide) groups is 1. The molecule has 0 saturated heterocycles. The highest BCUT2D eigenvalue weighted by atomic mass is 32.2. The molecule has 0 saturated carbocycles. The van der Waals surface area contributed by atoms with Crippen LogP contribution >= 0.6 is 23.1 Å². The van der Waals surface area contributed by atoms with Gasteiger partial charge in [-0.25, -0.2) is 0 Å². The molecule has 1 nitrogen and oxygen atoms in total. The fraction of sp³-hybridized carbons (Fsp3) is 0.500. The molecule has 0 aliphatic carbocycles. The van der Waals surface area contributed by atoms with Crippen LogP contribution < -0.4 is 5.32 Å². The van der Waals surface area contributed by atoms with Crippen LogP contribution in [0.4, 0.5) is 0 Å². The third-order valence-electron chi connectivity index (χ3n) is 3.07. The lowest BCUT2D eigenvalue weighted by atomic mass is 10.1. The molecule has 0 bridgehead atoms. The maximum absolute atomic E-state index is 3.64. The quantitative estimate of drug-likeness (QED) is 0.776. The summed E-state index contributed by atoms with van der Waals surface area (Å²) in [6.45, 7) is 7.79. The van der Waals surface area contributed by atoms with Gasteiger partial charge in [0.05, 0.1) is 0 Å². The normalized spacial score (nSPS) is 13.3. The summed E-state index contributed by atoms with van der Waals surface area (Å²) in [6.07, 6.45) is 0. The second kappa shape index (κ2) is 7.32. The van der Waals surface area contributed by atoms with Gasteiger partial charge in [0.25, 0.3) is 0 Å². The number of thiophene rings is 1. The third kappa shape index (κ3) is 3.98. The lowest BCUT2D eigenvalue weighted by Gasteiger charge is -2.19. The first-order valence-electron chi connectivity index (χ1n) is 6.99. The summed E-state index contributed by atoms with van der Waals surface area (Å²) < 4.78 is 1.44. The van der Waals surface area contributed by atoms with Gasteiger partial charge in [0.2, 0.25) is 0 Å². The van der Waals surface area contributed by atoms with E-state index in [1.165, 1.54) is 21.4 Å². The summed E-state index contributed by atoms with van der Waals surface area (Å²) in [6, 6.07) is 9.35. The third-order valence-corrected chi connectivity index (χ3v) is 5.52. The molecule has 2 rings (SSSR count). The van der Waals surface area contributed by atoms with Gasteiger partial charge in [0, 0.05) is 16.5 Å². The maximum Gasteiger partial charge on any atom is 0.0426 e. The molecule has 0 amide bonds. The van der Waals surface area contributed by atoms with E-state index in [1.807, 2.05) is 11.3 Å². The molecule has 1 aromatic heterocycles. The number of rotatable bonds is 7. The van der Waals surface area contributed by atoms with E-state index in [1.54, 1.807) is 0 Å². The van der Waals surface area contributed by atoms with Crippen LogP contribution in [0.1, 0.15) is 32.4 Å². The van der Waals surface area contributed by atoms with Gasteiger partial charge in [-0.05, 0) is 40.6 Å². The van der Waals surface area contributed by atoms with Crippen LogP contribution in [0.5, 0.6) is 0 Å². The molecule has 0 aliphatic rings. The Morgan fingerprint density at radius 2 is 2.05 bits per heavy atom. The number of fused-ring (bicyclic) bond motifs is 1. The number of hydrogen-bond donors (Lipinski definition) is 1. The summed E-state index contributed by atoms with van der Waals surface area (Å²) in [4.78, 5) is 0. The molecule has 0 spiro atoms. The molecule has 0 fully saturated rings. The lowest BCUT2D eigenvalue weighted by Crippen LogP contribution is -2.23. The Kier molecular flexibility index (Phi) is 5.74. The van der Waals surface area contributed by atoms with Crippen LogP contribution in [-0.2, 0) is 0 Å². The Morgan fingerprint density at radius 3 is 2.79 bits per heavy atom. The zero-order valence-corrected chi connectivity index (χ0v) is 13.6. The Hall–Kier alpha value is -0.510. The summed E-state index contributed by atoms with van der Waals surface area (Å²) in [5.74, 6) is 3.16. The highest BCUT2D eigenvalue weighted by molar-refractivity contribution is 7.99. The van der Waals surface area contributed by atoms with E-state index in [-0.39, 0.29) is 0 Å². The minimum Gasteiger partial charge on any atom is -0.309 e. The molecule has 2 aromatic rings. The molecule has 104 valence electrons. The van der Waals surface area contributed by atoms with Crippen molar-refractivity contribution in [3.8, 4) is 0 Å². The van der Waals surface area contributed by atoms with Crippen molar-refractivity contribution in [3.05, 3.63) is 35.2 Å². The van der Waals surface area contributed by atoms with Crippen molar-refractivity contribution in [2.24, 2.45) is 5.92 Å². The summed E-state index contributed by atoms with van der Waals surface area (Å²) in [5.41, 5.74) is 1.46. The minimum absolute atomic E-state index is 0.469. The van der Waals surface area contributed by atoms with Crippen LogP contribution in [0, 0.1) is 5.92 Å². The molecule has 1 N–H and O–H groups in total. The van der Waals surface area contributed by atoms with Crippen LogP contribution in [0.2, 0.25) is 0 Å². The Bertz CT molecular complexity index is 504. The highest BCUT2D eigenvalue weighted by Crippen LogP contribution is 2.30. The Labute approximate surface area is 124 Å². The van der Waals surface area contributed by atoms with E-state index in [2.05, 4.69) is 67.5 Å². The van der Waals surface area contributed by atoms with E-state index in [4.69, 9.17) is 0 Å². The van der Waals surface area contributed by atoms with E-state index in [9.17, 15) is 0 Å². The van der Waals surface area contributed by atoms with Crippen molar-refractivity contribution in [2.75, 3.05) is 18.1 Å². The van der Waals surface area contributed by atoms with Crippen molar-refractivity contribution in [1.29, 1.82) is 0 Å². The largest absolute Gasteiger partial charge is 0.309 e. The zero-order chi connectivity index (χ0) is 13.7. The second-order valence-electron chi connectivity index (χ2n) is 5.23. The number of hydrogen-bond acceptors (Lipinski definition) is 3. The van der Waals surface area contributed by atoms with Crippen molar-refractivity contribution in [3.63, 3.8) is 0 Å². The maximum atomic E-state index is 3.64. The predicted molar refractivity (Wildman–Crippen MR) is 90.4 cm³/mol. The van der Waals surface area contributed by atoms with E-state index >= 15 is 0 Å². The first kappa shape index (κ1) is 14.9. The first-order valence-corrected chi connectivity index (χ1v) is 9.03. The van der Waals surface area contributed by atoms with E-state index < -0.39 is 0 Å². The van der Waals surface area contributed by atoms with Gasteiger partial charge in [-0.3, -0.25) is 0 Å². The Morgan fingerprint density at radius 1 is 1.21 bits per heavy atom. The van der Waals surface area contributed by atoms with Crippen molar-refractivity contribution in [1.82, 2.24) is 5.32 Å². The van der Waals surface area contributed by atoms with Crippen LogP contribution in [0.15, 0.2) is 29.6 Å². The molecule has 1 atom stereocenters. The minimum atomic E-state index is 0.469. The fourth-order valence-corrected chi connectivity index (χ4v) is 4.33. The van der Waals surface area contributed by atoms with Gasteiger partial charge in [-0.15, -0.1) is 11.3 Å². The van der Waals surface area contributed by atoms with Gasteiger partial charge in [-0.2, -0.15) is 11.8 Å². The zero-order valence-electron chi connectivity index (χ0n) is 12.0. The molecular weight excluding hydrogens is 270 g/mol. The fourth-order valence-electron chi connectivity index (χ4n) is 2.22. The summed E-state index contributed by atoms with van der Waals surface area (Å²) in [7, 11) is 0. The predicted octanol–water partition coefficient (Wildman–Crippen LogP) is 4.94. The molecular formula is C16H23NS2. The molecule has 0 radical (unpaired) electrons. The van der Waals surface area contributed by atoms with Crippen molar-refractivity contribution in [2.45, 2.75) is 26.8 Å². The van der Waals surface area contributed by atoms with Gasteiger partial charge < -0.3 is 5.32 Å². The van der Waals surface area contributed by atoms with Gasteiger partial charge in [-0.1, -0.05) is 39.0 Å². The van der Waals surface area contributed by atoms with Gasteiger partial charge in [0.1, 0.15) is 0 Å². The van der Waals surface area contributed by atoms with Crippen LogP contribution in [-0.4, -0.2) is 18.1 Å². The standard InChI is InChI=1S/C16H23NS2/c1-4-17-15(11-18-10-12(2)3)14-7-5-6-13-8-9-19-16(13)14/h5-9,12,15,17H,4,10-11H2,1-3H3. The van der Waals surface area contributed by atoms with Crippen LogP contribution in [0.3, 0.4) is 0 Å². The van der Waals surface area contributed by atoms with E-state index in [0.29, 0.717) is 6.04 Å². The molecule has 1 heterocycles. The topological polar surface area (TPSA) is 12.0 Å². The average molecular weight is 294 g/mol. The lowest BCUT2D eigenvalue weighted by molar-refractivity contribution is 0.609. The first-order chi connectivity index (χ1) is 9.22. The monoisotopic (exact) mass is 293 g/mol. The smallest absolute Gasteiger partial charge is 0.0426 e. The summed E-state index contributed by atoms with van der Waals surface area (Å²) in [5, 5.41) is 7.21. The average Bonchev–Trinajstić information content (AvgIpc) is 2.85. The molecule has 1 aromatic carbocycles. The van der Waals surface area contributed by atoms with Crippen molar-refractivity contribution >= 4 is 33.2 Å². The SMILES string of the molecule is CCNC(CSCC(C)C)c1cccc2ccsc12. The number of nitrogens with one attached hydrogen (secondary N) is 1. The van der Waals surface area contributed by atoms with Gasteiger partial charge in [0.15, 0.2) is 0 Å². The molecule has 19 heavy (non-hydrogen) atoms. The highest BCUT2D eigenvalue weighted by Gasteiger charge is 2.14. The van der Waals surface area contributed by atoms with E-state index in [0.717, 1.165) is 18.2 Å². The number of benzene rings is 1. The van der Waals surface area contributed by atoms with Crippen LogP contribution in [0.25, 0.3) is 10.1 Å². The van der Waals surface area contributed by atoms with Crippen molar-refractivity contribution < 1.29 is 0 Å². The summed E-state index contributed by atoms with van der Waals surface area (Å²) >= 11 is 3.92. The molecule has 1 unspecified atom stereocenters. The Balaban J connectivity index is 2.15.